The van der Waals surface area contributed by atoms with Crippen LogP contribution in [0, 0.1) is 0 Å². The number of fused-ring (bicyclic) bond motifs is 2. The Bertz CT molecular complexity index is 987. The van der Waals surface area contributed by atoms with E-state index >= 15 is 0 Å². The van der Waals surface area contributed by atoms with Crippen LogP contribution >= 0.6 is 0 Å². The maximum absolute atomic E-state index is 12.4. The van der Waals surface area contributed by atoms with Crippen molar-refractivity contribution < 1.29 is 22.7 Å². The van der Waals surface area contributed by atoms with E-state index in [1.807, 2.05) is 18.2 Å². The fourth-order valence-electron chi connectivity index (χ4n) is 3.19. The topological polar surface area (TPSA) is 84.9 Å². The number of sulfonamides is 1. The molecule has 136 valence electrons. The molecule has 2 aromatic carbocycles. The molecule has 0 atom stereocenters. The number of ether oxygens (including phenoxy) is 2. The van der Waals surface area contributed by atoms with Crippen LogP contribution in [0.1, 0.15) is 21.5 Å². The molecule has 0 unspecified atom stereocenters. The number of carbonyl (C=O) groups is 1. The Kier molecular flexibility index (Phi) is 3.99. The number of hydrogen-bond acceptors (Lipinski definition) is 5. The van der Waals surface area contributed by atoms with Crippen molar-refractivity contribution >= 4 is 21.6 Å². The van der Waals surface area contributed by atoms with Gasteiger partial charge in [-0.3, -0.25) is 9.10 Å². The Balaban J connectivity index is 1.46. The SMILES string of the molecule is CS(=O)(=O)N1CCc2cc(C(=O)NCc3ccc4c(c3)OCO4)ccc21. The van der Waals surface area contributed by atoms with Crippen LogP contribution in [0.5, 0.6) is 11.5 Å². The molecule has 1 amide bonds. The second-order valence-electron chi connectivity index (χ2n) is 6.30. The van der Waals surface area contributed by atoms with Crippen LogP contribution in [0.2, 0.25) is 0 Å². The number of benzene rings is 2. The minimum atomic E-state index is -3.29. The van der Waals surface area contributed by atoms with Crippen molar-refractivity contribution in [3.05, 3.63) is 53.1 Å². The molecule has 0 fully saturated rings. The third kappa shape index (κ3) is 3.08. The predicted octanol–water partition coefficient (Wildman–Crippen LogP) is 1.67. The summed E-state index contributed by atoms with van der Waals surface area (Å²) < 4.78 is 35.5. The predicted molar refractivity (Wildman–Crippen MR) is 96.1 cm³/mol. The van der Waals surface area contributed by atoms with Crippen molar-refractivity contribution in [3.63, 3.8) is 0 Å². The first-order valence-corrected chi connectivity index (χ1v) is 10.0. The zero-order valence-corrected chi connectivity index (χ0v) is 15.0. The number of rotatable bonds is 4. The monoisotopic (exact) mass is 374 g/mol. The first-order valence-electron chi connectivity index (χ1n) is 8.19. The molecule has 0 radical (unpaired) electrons. The molecule has 0 aromatic heterocycles. The van der Waals surface area contributed by atoms with Crippen LogP contribution in [0.3, 0.4) is 0 Å². The van der Waals surface area contributed by atoms with E-state index in [0.29, 0.717) is 42.3 Å². The van der Waals surface area contributed by atoms with E-state index in [1.54, 1.807) is 18.2 Å². The Morgan fingerprint density at radius 3 is 2.77 bits per heavy atom. The van der Waals surface area contributed by atoms with Gasteiger partial charge in [0.2, 0.25) is 16.8 Å². The van der Waals surface area contributed by atoms with Crippen LogP contribution in [-0.2, 0) is 23.0 Å². The van der Waals surface area contributed by atoms with Crippen LogP contribution < -0.4 is 19.1 Å². The lowest BCUT2D eigenvalue weighted by atomic mass is 10.1. The molecule has 2 aliphatic rings. The van der Waals surface area contributed by atoms with E-state index in [4.69, 9.17) is 9.47 Å². The summed E-state index contributed by atoms with van der Waals surface area (Å²) in [6, 6.07) is 10.6. The van der Waals surface area contributed by atoms with Gasteiger partial charge in [-0.05, 0) is 47.9 Å². The van der Waals surface area contributed by atoms with E-state index in [9.17, 15) is 13.2 Å². The van der Waals surface area contributed by atoms with Gasteiger partial charge in [-0.25, -0.2) is 8.42 Å². The molecular weight excluding hydrogens is 356 g/mol. The summed E-state index contributed by atoms with van der Waals surface area (Å²) in [5, 5.41) is 2.87. The summed E-state index contributed by atoms with van der Waals surface area (Å²) in [7, 11) is -3.29. The Morgan fingerprint density at radius 2 is 1.96 bits per heavy atom. The number of carbonyl (C=O) groups excluding carboxylic acids is 1. The second-order valence-corrected chi connectivity index (χ2v) is 8.21. The molecule has 2 heterocycles. The van der Waals surface area contributed by atoms with Crippen molar-refractivity contribution in [2.45, 2.75) is 13.0 Å². The second kappa shape index (κ2) is 6.21. The number of anilines is 1. The van der Waals surface area contributed by atoms with Crippen LogP contribution in [0.25, 0.3) is 0 Å². The molecule has 0 saturated heterocycles. The molecule has 0 spiro atoms. The van der Waals surface area contributed by atoms with Gasteiger partial charge in [0.1, 0.15) is 0 Å². The van der Waals surface area contributed by atoms with Gasteiger partial charge >= 0.3 is 0 Å². The van der Waals surface area contributed by atoms with Crippen LogP contribution in [-0.4, -0.2) is 33.9 Å². The highest BCUT2D eigenvalue weighted by atomic mass is 32.2. The Hall–Kier alpha value is -2.74. The van der Waals surface area contributed by atoms with Gasteiger partial charge < -0.3 is 14.8 Å². The van der Waals surface area contributed by atoms with Crippen molar-refractivity contribution in [3.8, 4) is 11.5 Å². The third-order valence-electron chi connectivity index (χ3n) is 4.48. The van der Waals surface area contributed by atoms with E-state index in [0.717, 1.165) is 11.1 Å². The maximum Gasteiger partial charge on any atom is 0.251 e. The smallest absolute Gasteiger partial charge is 0.251 e. The van der Waals surface area contributed by atoms with Crippen LogP contribution in [0.4, 0.5) is 5.69 Å². The normalized spacial score (nSPS) is 15.0. The third-order valence-corrected chi connectivity index (χ3v) is 5.66. The standard InChI is InChI=1S/C18H18N2O5S/c1-26(22,23)20-7-6-13-9-14(3-4-15(13)20)18(21)19-10-12-2-5-16-17(8-12)25-11-24-16/h2-5,8-9H,6-7,10-11H2,1H3,(H,19,21). The van der Waals surface area contributed by atoms with Crippen molar-refractivity contribution in [1.82, 2.24) is 5.32 Å². The van der Waals surface area contributed by atoms with E-state index in [-0.39, 0.29) is 12.7 Å². The summed E-state index contributed by atoms with van der Waals surface area (Å²) in [4.78, 5) is 12.4. The Morgan fingerprint density at radius 1 is 1.15 bits per heavy atom. The van der Waals surface area contributed by atoms with Crippen molar-refractivity contribution in [1.29, 1.82) is 0 Å². The quantitative estimate of drug-likeness (QED) is 0.880. The summed E-state index contributed by atoms with van der Waals surface area (Å²) in [5.41, 5.74) is 2.94. The molecule has 8 heteroatoms. The number of amides is 1. The van der Waals surface area contributed by atoms with E-state index in [2.05, 4.69) is 5.32 Å². The van der Waals surface area contributed by atoms with Gasteiger partial charge in [0, 0.05) is 18.7 Å². The van der Waals surface area contributed by atoms with Crippen molar-refractivity contribution in [2.75, 3.05) is 23.9 Å². The fourth-order valence-corrected chi connectivity index (χ4v) is 4.15. The summed E-state index contributed by atoms with van der Waals surface area (Å²) in [6.07, 6.45) is 1.79. The first kappa shape index (κ1) is 16.7. The maximum atomic E-state index is 12.4. The van der Waals surface area contributed by atoms with Crippen molar-refractivity contribution in [2.24, 2.45) is 0 Å². The number of nitrogens with zero attached hydrogens (tertiary/aromatic N) is 1. The van der Waals surface area contributed by atoms with Gasteiger partial charge in [-0.15, -0.1) is 0 Å². The zero-order valence-electron chi connectivity index (χ0n) is 14.2. The average molecular weight is 374 g/mol. The molecule has 2 aliphatic heterocycles. The molecule has 2 aromatic rings. The minimum absolute atomic E-state index is 0.205. The highest BCUT2D eigenvalue weighted by Gasteiger charge is 2.26. The summed E-state index contributed by atoms with van der Waals surface area (Å²) in [5.74, 6) is 1.17. The highest BCUT2D eigenvalue weighted by Crippen LogP contribution is 2.33. The van der Waals surface area contributed by atoms with Gasteiger partial charge in [-0.1, -0.05) is 6.07 Å². The number of nitrogens with one attached hydrogen (secondary N) is 1. The van der Waals surface area contributed by atoms with Gasteiger partial charge in [-0.2, -0.15) is 0 Å². The lowest BCUT2D eigenvalue weighted by molar-refractivity contribution is 0.0950. The summed E-state index contributed by atoms with van der Waals surface area (Å²) >= 11 is 0. The lowest BCUT2D eigenvalue weighted by Crippen LogP contribution is -2.27. The van der Waals surface area contributed by atoms with E-state index < -0.39 is 10.0 Å². The summed E-state index contributed by atoms with van der Waals surface area (Å²) in [6.45, 7) is 0.989. The molecule has 26 heavy (non-hydrogen) atoms. The molecule has 0 saturated carbocycles. The zero-order chi connectivity index (χ0) is 18.3. The molecular formula is C18H18N2O5S. The molecule has 4 rings (SSSR count). The number of hydrogen-bond donors (Lipinski definition) is 1. The minimum Gasteiger partial charge on any atom is -0.454 e. The molecule has 1 N–H and O–H groups in total. The molecule has 0 bridgehead atoms. The lowest BCUT2D eigenvalue weighted by Gasteiger charge is -2.16. The molecule has 7 nitrogen and oxygen atoms in total. The Labute approximate surface area is 151 Å². The van der Waals surface area contributed by atoms with Gasteiger partial charge in [0.15, 0.2) is 11.5 Å². The van der Waals surface area contributed by atoms with Gasteiger partial charge in [0.25, 0.3) is 5.91 Å². The average Bonchev–Trinajstić information content (AvgIpc) is 3.24. The highest BCUT2D eigenvalue weighted by molar-refractivity contribution is 7.92. The fraction of sp³-hybridized carbons (Fsp3) is 0.278. The largest absolute Gasteiger partial charge is 0.454 e. The first-order chi connectivity index (χ1) is 12.4. The van der Waals surface area contributed by atoms with E-state index in [1.165, 1.54) is 10.6 Å². The van der Waals surface area contributed by atoms with Gasteiger partial charge in [0.05, 0.1) is 11.9 Å². The molecule has 0 aliphatic carbocycles. The van der Waals surface area contributed by atoms with Crippen LogP contribution in [0.15, 0.2) is 36.4 Å².